The topological polar surface area (TPSA) is 49.4 Å². The van der Waals surface area contributed by atoms with Gasteiger partial charge in [-0.1, -0.05) is 37.3 Å². The van der Waals surface area contributed by atoms with Crippen molar-refractivity contribution in [3.05, 3.63) is 35.9 Å². The van der Waals surface area contributed by atoms with Crippen molar-refractivity contribution in [2.75, 3.05) is 26.2 Å². The van der Waals surface area contributed by atoms with E-state index in [1.54, 1.807) is 0 Å². The number of carbonyl (C=O) groups excluding carboxylic acids is 2. The van der Waals surface area contributed by atoms with Gasteiger partial charge in [0.05, 0.1) is 6.54 Å². The molecule has 1 heterocycles. The van der Waals surface area contributed by atoms with E-state index < -0.39 is 0 Å². The minimum atomic E-state index is 0.0716. The van der Waals surface area contributed by atoms with E-state index in [0.29, 0.717) is 19.0 Å². The van der Waals surface area contributed by atoms with Crippen molar-refractivity contribution in [3.8, 4) is 0 Å². The molecule has 1 aromatic rings. The van der Waals surface area contributed by atoms with Crippen LogP contribution in [-0.4, -0.2) is 43.3 Å². The van der Waals surface area contributed by atoms with Gasteiger partial charge in [0.2, 0.25) is 5.91 Å². The number of piperidine rings is 1. The van der Waals surface area contributed by atoms with Crippen LogP contribution in [0, 0.1) is 5.92 Å². The summed E-state index contributed by atoms with van der Waals surface area (Å²) in [6.07, 6.45) is 2.79. The normalized spacial score (nSPS) is 18.1. The number of hydrogen-bond donors (Lipinski definition) is 1. The molecule has 1 fully saturated rings. The summed E-state index contributed by atoms with van der Waals surface area (Å²) in [6, 6.07) is 10.2. The zero-order valence-electron chi connectivity index (χ0n) is 12.6. The van der Waals surface area contributed by atoms with Gasteiger partial charge in [-0.15, -0.1) is 0 Å². The summed E-state index contributed by atoms with van der Waals surface area (Å²) in [6.45, 7) is 4.89. The Hall–Kier alpha value is -1.68. The van der Waals surface area contributed by atoms with Crippen LogP contribution in [0.3, 0.4) is 0 Å². The molecule has 0 radical (unpaired) electrons. The van der Waals surface area contributed by atoms with E-state index in [-0.39, 0.29) is 11.8 Å². The molecule has 4 nitrogen and oxygen atoms in total. The molecule has 114 valence electrons. The first-order valence-electron chi connectivity index (χ1n) is 7.68. The Balaban J connectivity index is 1.69. The highest BCUT2D eigenvalue weighted by Crippen LogP contribution is 2.15. The number of benzene rings is 1. The molecule has 0 spiro atoms. The van der Waals surface area contributed by atoms with Gasteiger partial charge in [0.1, 0.15) is 6.29 Å². The highest BCUT2D eigenvalue weighted by molar-refractivity contribution is 5.78. The molecule has 2 rings (SSSR count). The Bertz CT molecular complexity index is 453. The number of nitrogens with one attached hydrogen (secondary N) is 1. The zero-order valence-corrected chi connectivity index (χ0v) is 12.6. The number of likely N-dealkylation sites (tertiary alicyclic amines) is 1. The van der Waals surface area contributed by atoms with Gasteiger partial charge in [0.25, 0.3) is 0 Å². The maximum absolute atomic E-state index is 12.0. The Morgan fingerprint density at radius 1 is 1.33 bits per heavy atom. The number of carbonyl (C=O) groups is 2. The number of rotatable bonds is 6. The van der Waals surface area contributed by atoms with Crippen LogP contribution in [0.1, 0.15) is 31.2 Å². The molecule has 0 bridgehead atoms. The Morgan fingerprint density at radius 2 is 2.00 bits per heavy atom. The molecule has 1 N–H and O–H groups in total. The van der Waals surface area contributed by atoms with Gasteiger partial charge >= 0.3 is 0 Å². The minimum absolute atomic E-state index is 0.0716. The second-order valence-corrected chi connectivity index (χ2v) is 5.87. The van der Waals surface area contributed by atoms with Gasteiger partial charge in [-0.2, -0.15) is 0 Å². The molecule has 1 aromatic carbocycles. The lowest BCUT2D eigenvalue weighted by molar-refractivity contribution is -0.122. The third-order valence-corrected chi connectivity index (χ3v) is 4.17. The lowest BCUT2D eigenvalue weighted by atomic mass is 9.98. The molecule has 1 atom stereocenters. The number of hydrogen-bond acceptors (Lipinski definition) is 3. The van der Waals surface area contributed by atoms with Crippen LogP contribution < -0.4 is 5.32 Å². The Labute approximate surface area is 126 Å². The van der Waals surface area contributed by atoms with Crippen LogP contribution in [-0.2, 0) is 9.59 Å². The smallest absolute Gasteiger partial charge is 0.234 e. The molecule has 0 aliphatic carbocycles. The summed E-state index contributed by atoms with van der Waals surface area (Å²) in [5, 5.41) is 3.00. The molecule has 1 aliphatic rings. The van der Waals surface area contributed by atoms with Crippen LogP contribution in [0.4, 0.5) is 0 Å². The molecule has 1 amide bonds. The molecule has 0 saturated carbocycles. The molecule has 1 unspecified atom stereocenters. The van der Waals surface area contributed by atoms with Gasteiger partial charge < -0.3 is 10.1 Å². The fraction of sp³-hybridized carbons (Fsp3) is 0.529. The number of aldehydes is 1. The number of nitrogens with zero attached hydrogens (tertiary/aromatic N) is 1. The monoisotopic (exact) mass is 288 g/mol. The van der Waals surface area contributed by atoms with Gasteiger partial charge in [-0.3, -0.25) is 9.69 Å². The van der Waals surface area contributed by atoms with E-state index in [2.05, 4.69) is 29.3 Å². The van der Waals surface area contributed by atoms with Gasteiger partial charge in [0.15, 0.2) is 0 Å². The van der Waals surface area contributed by atoms with Crippen molar-refractivity contribution in [1.82, 2.24) is 10.2 Å². The number of amides is 1. The first kappa shape index (κ1) is 15.7. The largest absolute Gasteiger partial charge is 0.354 e. The SMILES string of the molecule is CC(CNC(=O)CN1CCC(C=O)CC1)c1ccccc1. The first-order chi connectivity index (χ1) is 10.2. The highest BCUT2D eigenvalue weighted by Gasteiger charge is 2.20. The quantitative estimate of drug-likeness (QED) is 0.812. The van der Waals surface area contributed by atoms with Crippen LogP contribution >= 0.6 is 0 Å². The molecule has 21 heavy (non-hydrogen) atoms. The third kappa shape index (κ3) is 4.97. The van der Waals surface area contributed by atoms with Crippen LogP contribution in [0.5, 0.6) is 0 Å². The van der Waals surface area contributed by atoms with Crippen molar-refractivity contribution in [2.24, 2.45) is 5.92 Å². The van der Waals surface area contributed by atoms with E-state index in [9.17, 15) is 9.59 Å². The third-order valence-electron chi connectivity index (χ3n) is 4.17. The molecule has 0 aromatic heterocycles. The van der Waals surface area contributed by atoms with E-state index in [1.165, 1.54) is 5.56 Å². The summed E-state index contributed by atoms with van der Waals surface area (Å²) in [4.78, 5) is 24.8. The standard InChI is InChI=1S/C17H24N2O2/c1-14(16-5-3-2-4-6-16)11-18-17(21)12-19-9-7-15(13-20)8-10-19/h2-6,13-15H,7-12H2,1H3,(H,18,21). The van der Waals surface area contributed by atoms with Gasteiger partial charge in [-0.25, -0.2) is 0 Å². The van der Waals surface area contributed by atoms with Crippen LogP contribution in [0.15, 0.2) is 30.3 Å². The molecule has 4 heteroatoms. The van der Waals surface area contributed by atoms with Gasteiger partial charge in [0, 0.05) is 12.5 Å². The predicted octanol–water partition coefficient (Wildman–Crippen LogP) is 1.82. The van der Waals surface area contributed by atoms with Crippen molar-refractivity contribution < 1.29 is 9.59 Å². The highest BCUT2D eigenvalue weighted by atomic mass is 16.2. The molecular weight excluding hydrogens is 264 g/mol. The zero-order chi connectivity index (χ0) is 15.1. The summed E-state index contributed by atoms with van der Waals surface area (Å²) < 4.78 is 0. The van der Waals surface area contributed by atoms with Crippen molar-refractivity contribution in [3.63, 3.8) is 0 Å². The second kappa shape index (κ2) is 7.93. The van der Waals surface area contributed by atoms with E-state index in [1.807, 2.05) is 18.2 Å². The lowest BCUT2D eigenvalue weighted by Crippen LogP contribution is -2.42. The van der Waals surface area contributed by atoms with E-state index in [0.717, 1.165) is 32.2 Å². The fourth-order valence-electron chi connectivity index (χ4n) is 2.67. The fourth-order valence-corrected chi connectivity index (χ4v) is 2.67. The minimum Gasteiger partial charge on any atom is -0.354 e. The Morgan fingerprint density at radius 3 is 2.62 bits per heavy atom. The summed E-state index contributed by atoms with van der Waals surface area (Å²) in [5.74, 6) is 0.570. The van der Waals surface area contributed by atoms with Gasteiger partial charge in [-0.05, 0) is 37.4 Å². The van der Waals surface area contributed by atoms with Crippen molar-refractivity contribution in [1.29, 1.82) is 0 Å². The maximum Gasteiger partial charge on any atom is 0.234 e. The van der Waals surface area contributed by atoms with Crippen LogP contribution in [0.2, 0.25) is 0 Å². The maximum atomic E-state index is 12.0. The molecule has 1 saturated heterocycles. The molecular formula is C17H24N2O2. The summed E-state index contributed by atoms with van der Waals surface area (Å²) >= 11 is 0. The Kier molecular flexibility index (Phi) is 5.93. The second-order valence-electron chi connectivity index (χ2n) is 5.87. The van der Waals surface area contributed by atoms with E-state index >= 15 is 0 Å². The van der Waals surface area contributed by atoms with Crippen LogP contribution in [0.25, 0.3) is 0 Å². The first-order valence-corrected chi connectivity index (χ1v) is 7.68. The average Bonchev–Trinajstić information content (AvgIpc) is 2.54. The summed E-state index contributed by atoms with van der Waals surface area (Å²) in [5.41, 5.74) is 1.24. The predicted molar refractivity (Wildman–Crippen MR) is 83.1 cm³/mol. The van der Waals surface area contributed by atoms with Crippen molar-refractivity contribution in [2.45, 2.75) is 25.7 Å². The average molecular weight is 288 g/mol. The summed E-state index contributed by atoms with van der Waals surface area (Å²) in [7, 11) is 0. The van der Waals surface area contributed by atoms with Crippen molar-refractivity contribution >= 4 is 12.2 Å². The lowest BCUT2D eigenvalue weighted by Gasteiger charge is -2.29. The molecule has 1 aliphatic heterocycles. The van der Waals surface area contributed by atoms with E-state index in [4.69, 9.17) is 0 Å².